The van der Waals surface area contributed by atoms with E-state index in [2.05, 4.69) is 0 Å². The fourth-order valence-corrected chi connectivity index (χ4v) is 2.90. The summed E-state index contributed by atoms with van der Waals surface area (Å²) in [5.41, 5.74) is 2.16. The number of nitrogens with zero attached hydrogens (tertiary/aromatic N) is 1. The van der Waals surface area contributed by atoms with Crippen molar-refractivity contribution in [3.8, 4) is 11.5 Å². The van der Waals surface area contributed by atoms with Gasteiger partial charge in [-0.2, -0.15) is 0 Å². The van der Waals surface area contributed by atoms with Crippen molar-refractivity contribution in [2.75, 3.05) is 20.8 Å². The molecule has 0 saturated carbocycles. The maximum absolute atomic E-state index is 12.7. The van der Waals surface area contributed by atoms with Crippen molar-refractivity contribution < 1.29 is 14.3 Å². The zero-order chi connectivity index (χ0) is 16.2. The van der Waals surface area contributed by atoms with E-state index in [9.17, 15) is 4.79 Å². The minimum Gasteiger partial charge on any atom is -0.497 e. The molecule has 1 amide bonds. The van der Waals surface area contributed by atoms with Crippen LogP contribution in [0.25, 0.3) is 0 Å². The minimum atomic E-state index is -0.150. The Kier molecular flexibility index (Phi) is 4.51. The third kappa shape index (κ3) is 3.47. The molecule has 120 valence electrons. The van der Waals surface area contributed by atoms with Gasteiger partial charge in [0.05, 0.1) is 13.0 Å². The van der Waals surface area contributed by atoms with Crippen LogP contribution < -0.4 is 9.47 Å². The monoisotopic (exact) mass is 311 g/mol. The Morgan fingerprint density at radius 2 is 2.04 bits per heavy atom. The van der Waals surface area contributed by atoms with Crippen molar-refractivity contribution >= 4 is 5.91 Å². The number of amides is 1. The lowest BCUT2D eigenvalue weighted by molar-refractivity contribution is -0.136. The molecule has 0 saturated heterocycles. The molecule has 1 heterocycles. The molecule has 2 aromatic carbocycles. The number of carbonyl (C=O) groups is 1. The zero-order valence-corrected chi connectivity index (χ0v) is 13.5. The van der Waals surface area contributed by atoms with Crippen LogP contribution in [0.5, 0.6) is 11.5 Å². The summed E-state index contributed by atoms with van der Waals surface area (Å²) < 4.78 is 11.0. The quantitative estimate of drug-likeness (QED) is 0.871. The molecule has 0 fully saturated rings. The molecular formula is C19H21NO3. The number of hydrogen-bond acceptors (Lipinski definition) is 3. The van der Waals surface area contributed by atoms with Crippen molar-refractivity contribution in [2.24, 2.45) is 5.92 Å². The Hall–Kier alpha value is -2.49. The number of hydrogen-bond donors (Lipinski definition) is 0. The molecule has 0 aliphatic carbocycles. The highest BCUT2D eigenvalue weighted by atomic mass is 16.5. The van der Waals surface area contributed by atoms with Crippen LogP contribution in [0, 0.1) is 5.92 Å². The van der Waals surface area contributed by atoms with Gasteiger partial charge in [0.2, 0.25) is 5.91 Å². The van der Waals surface area contributed by atoms with Crippen LogP contribution in [-0.4, -0.2) is 31.6 Å². The molecule has 1 aliphatic heterocycles. The molecule has 1 aliphatic rings. The van der Waals surface area contributed by atoms with Crippen LogP contribution in [0.4, 0.5) is 0 Å². The molecule has 3 rings (SSSR count). The first-order chi connectivity index (χ1) is 11.2. The van der Waals surface area contributed by atoms with Gasteiger partial charge >= 0.3 is 0 Å². The van der Waals surface area contributed by atoms with E-state index in [-0.39, 0.29) is 11.8 Å². The third-order valence-electron chi connectivity index (χ3n) is 4.16. The molecule has 23 heavy (non-hydrogen) atoms. The van der Waals surface area contributed by atoms with Crippen molar-refractivity contribution in [1.29, 1.82) is 0 Å². The SMILES string of the molecule is COc1ccc2c(c1)CC(C(=O)N(C)Cc1ccccc1)CO2. The molecule has 4 heteroatoms. The topological polar surface area (TPSA) is 38.8 Å². The molecule has 1 atom stereocenters. The normalized spacial score (nSPS) is 16.2. The Morgan fingerprint density at radius 3 is 2.78 bits per heavy atom. The lowest BCUT2D eigenvalue weighted by atomic mass is 9.95. The Balaban J connectivity index is 1.68. The van der Waals surface area contributed by atoms with Crippen LogP contribution in [0.2, 0.25) is 0 Å². The van der Waals surface area contributed by atoms with E-state index in [0.29, 0.717) is 19.6 Å². The molecule has 4 nitrogen and oxygen atoms in total. The smallest absolute Gasteiger partial charge is 0.229 e. The summed E-state index contributed by atoms with van der Waals surface area (Å²) in [4.78, 5) is 14.5. The van der Waals surface area contributed by atoms with Crippen LogP contribution >= 0.6 is 0 Å². The van der Waals surface area contributed by atoms with Gasteiger partial charge in [-0.05, 0) is 35.7 Å². The van der Waals surface area contributed by atoms with E-state index in [1.807, 2.05) is 55.6 Å². The van der Waals surface area contributed by atoms with Crippen LogP contribution in [-0.2, 0) is 17.8 Å². The minimum absolute atomic E-state index is 0.113. The fourth-order valence-electron chi connectivity index (χ4n) is 2.90. The second kappa shape index (κ2) is 6.73. The van der Waals surface area contributed by atoms with Gasteiger partial charge in [0, 0.05) is 13.6 Å². The van der Waals surface area contributed by atoms with E-state index < -0.39 is 0 Å². The molecule has 0 N–H and O–H groups in total. The largest absolute Gasteiger partial charge is 0.497 e. The number of rotatable bonds is 4. The number of methoxy groups -OCH3 is 1. The molecule has 0 radical (unpaired) electrons. The van der Waals surface area contributed by atoms with Crippen molar-refractivity contribution in [2.45, 2.75) is 13.0 Å². The number of ether oxygens (including phenoxy) is 2. The van der Waals surface area contributed by atoms with E-state index in [1.54, 1.807) is 12.0 Å². The Bertz CT molecular complexity index is 684. The van der Waals surface area contributed by atoms with Gasteiger partial charge in [0.15, 0.2) is 0 Å². The summed E-state index contributed by atoms with van der Waals surface area (Å²) in [6, 6.07) is 15.7. The van der Waals surface area contributed by atoms with Gasteiger partial charge < -0.3 is 14.4 Å². The summed E-state index contributed by atoms with van der Waals surface area (Å²) in [5.74, 6) is 1.60. The van der Waals surface area contributed by atoms with Crippen molar-refractivity contribution in [3.05, 3.63) is 59.7 Å². The van der Waals surface area contributed by atoms with Crippen molar-refractivity contribution in [3.63, 3.8) is 0 Å². The van der Waals surface area contributed by atoms with Crippen LogP contribution in [0.3, 0.4) is 0 Å². The lowest BCUT2D eigenvalue weighted by Crippen LogP contribution is -2.38. The lowest BCUT2D eigenvalue weighted by Gasteiger charge is -2.28. The van der Waals surface area contributed by atoms with E-state index in [0.717, 1.165) is 22.6 Å². The number of fused-ring (bicyclic) bond motifs is 1. The third-order valence-corrected chi connectivity index (χ3v) is 4.16. The second-order valence-electron chi connectivity index (χ2n) is 5.87. The van der Waals surface area contributed by atoms with Crippen LogP contribution in [0.1, 0.15) is 11.1 Å². The molecule has 1 unspecified atom stereocenters. The molecular weight excluding hydrogens is 290 g/mol. The number of carbonyl (C=O) groups excluding carboxylic acids is 1. The highest BCUT2D eigenvalue weighted by Gasteiger charge is 2.28. The van der Waals surface area contributed by atoms with E-state index in [4.69, 9.17) is 9.47 Å². The number of benzene rings is 2. The highest BCUT2D eigenvalue weighted by molar-refractivity contribution is 5.79. The first kappa shape index (κ1) is 15.4. The average Bonchev–Trinajstić information content (AvgIpc) is 2.60. The predicted octanol–water partition coefficient (Wildman–Crippen LogP) is 2.90. The zero-order valence-electron chi connectivity index (χ0n) is 13.5. The molecule has 2 aromatic rings. The van der Waals surface area contributed by atoms with E-state index in [1.165, 1.54) is 0 Å². The standard InChI is InChI=1S/C19H21NO3/c1-20(12-14-6-4-3-5-7-14)19(21)16-10-15-11-17(22-2)8-9-18(15)23-13-16/h3-9,11,16H,10,12-13H2,1-2H3. The summed E-state index contributed by atoms with van der Waals surface area (Å²) in [6.07, 6.45) is 0.685. The Morgan fingerprint density at radius 1 is 1.26 bits per heavy atom. The summed E-state index contributed by atoms with van der Waals surface area (Å²) >= 11 is 0. The summed E-state index contributed by atoms with van der Waals surface area (Å²) in [5, 5.41) is 0. The average molecular weight is 311 g/mol. The van der Waals surface area contributed by atoms with Gasteiger partial charge in [0.25, 0.3) is 0 Å². The molecule has 0 aromatic heterocycles. The van der Waals surface area contributed by atoms with Gasteiger partial charge in [0.1, 0.15) is 18.1 Å². The van der Waals surface area contributed by atoms with Gasteiger partial charge in [-0.25, -0.2) is 0 Å². The van der Waals surface area contributed by atoms with Gasteiger partial charge in [-0.15, -0.1) is 0 Å². The second-order valence-corrected chi connectivity index (χ2v) is 5.87. The predicted molar refractivity (Wildman–Crippen MR) is 88.6 cm³/mol. The van der Waals surface area contributed by atoms with E-state index >= 15 is 0 Å². The molecule has 0 spiro atoms. The fraction of sp³-hybridized carbons (Fsp3) is 0.316. The highest BCUT2D eigenvalue weighted by Crippen LogP contribution is 2.31. The maximum atomic E-state index is 12.7. The van der Waals surface area contributed by atoms with Gasteiger partial charge in [-0.1, -0.05) is 30.3 Å². The van der Waals surface area contributed by atoms with Crippen LogP contribution in [0.15, 0.2) is 48.5 Å². The Labute approximate surface area is 136 Å². The first-order valence-electron chi connectivity index (χ1n) is 7.76. The maximum Gasteiger partial charge on any atom is 0.229 e. The van der Waals surface area contributed by atoms with Crippen molar-refractivity contribution in [1.82, 2.24) is 4.90 Å². The summed E-state index contributed by atoms with van der Waals surface area (Å²) in [6.45, 7) is 1.04. The first-order valence-corrected chi connectivity index (χ1v) is 7.76. The summed E-state index contributed by atoms with van der Waals surface area (Å²) in [7, 11) is 3.48. The molecule has 0 bridgehead atoms. The van der Waals surface area contributed by atoms with Gasteiger partial charge in [-0.3, -0.25) is 4.79 Å².